The summed E-state index contributed by atoms with van der Waals surface area (Å²) in [5.74, 6) is -1.48. The van der Waals surface area contributed by atoms with Crippen LogP contribution >= 0.6 is 11.3 Å². The van der Waals surface area contributed by atoms with Crippen LogP contribution in [0.5, 0.6) is 0 Å². The van der Waals surface area contributed by atoms with E-state index in [2.05, 4.69) is 9.71 Å². The van der Waals surface area contributed by atoms with Crippen molar-refractivity contribution in [3.05, 3.63) is 10.6 Å². The minimum absolute atomic E-state index is 0.300. The molecule has 1 heterocycles. The van der Waals surface area contributed by atoms with Gasteiger partial charge >= 0.3 is 5.97 Å². The molecule has 0 aliphatic heterocycles. The highest BCUT2D eigenvalue weighted by Gasteiger charge is 2.37. The number of carboxylic acid groups (broad SMARTS) is 1. The van der Waals surface area contributed by atoms with Crippen LogP contribution in [0.2, 0.25) is 0 Å². The predicted molar refractivity (Wildman–Crippen MR) is 66.4 cm³/mol. The van der Waals surface area contributed by atoms with E-state index in [0.29, 0.717) is 36.5 Å². The number of hydrogen-bond donors (Lipinski definition) is 2. The average Bonchev–Trinajstić information content (AvgIpc) is 2.95. The van der Waals surface area contributed by atoms with Crippen molar-refractivity contribution in [2.24, 2.45) is 0 Å². The normalized spacial score (nSPS) is 22.8. The number of carboxylic acids is 1. The number of aromatic nitrogens is 1. The van der Waals surface area contributed by atoms with Crippen LogP contribution in [0.4, 0.5) is 5.13 Å². The molecule has 0 amide bonds. The largest absolute Gasteiger partial charge is 0.481 e. The quantitative estimate of drug-likeness (QED) is 0.866. The summed E-state index contributed by atoms with van der Waals surface area (Å²) in [7, 11) is -3.31. The molecule has 6 nitrogen and oxygen atoms in total. The van der Waals surface area contributed by atoms with Gasteiger partial charge in [0.25, 0.3) is 0 Å². The molecule has 98 valence electrons. The van der Waals surface area contributed by atoms with Crippen molar-refractivity contribution < 1.29 is 18.3 Å². The van der Waals surface area contributed by atoms with Gasteiger partial charge < -0.3 is 5.11 Å². The fourth-order valence-corrected chi connectivity index (χ4v) is 4.71. The van der Waals surface area contributed by atoms with Gasteiger partial charge in [0.15, 0.2) is 5.13 Å². The Labute approximate surface area is 108 Å². The standard InChI is InChI=1S/C10H12N2O4S2/c13-9(14)6-3-4-7-8(6)11-10(17-7)12-18(15,16)5-1-2-5/h5-6H,1-4H2,(H,11,12)(H,13,14). The van der Waals surface area contributed by atoms with Gasteiger partial charge in [-0.1, -0.05) is 0 Å². The smallest absolute Gasteiger partial charge is 0.312 e. The van der Waals surface area contributed by atoms with Crippen molar-refractivity contribution in [2.75, 3.05) is 4.72 Å². The summed E-state index contributed by atoms with van der Waals surface area (Å²) in [4.78, 5) is 16.0. The number of rotatable bonds is 4. The van der Waals surface area contributed by atoms with E-state index >= 15 is 0 Å². The molecular weight excluding hydrogens is 276 g/mol. The highest BCUT2D eigenvalue weighted by atomic mass is 32.2. The molecule has 0 aromatic carbocycles. The fourth-order valence-electron chi connectivity index (χ4n) is 2.09. The summed E-state index contributed by atoms with van der Waals surface area (Å²) in [6, 6.07) is 0. The first-order valence-electron chi connectivity index (χ1n) is 5.71. The molecule has 0 bridgehead atoms. The number of carbonyl (C=O) groups is 1. The van der Waals surface area contributed by atoms with Gasteiger partial charge in [0, 0.05) is 4.88 Å². The van der Waals surface area contributed by atoms with Crippen LogP contribution < -0.4 is 4.72 Å². The van der Waals surface area contributed by atoms with Crippen LogP contribution in [-0.4, -0.2) is 29.7 Å². The highest BCUT2D eigenvalue weighted by molar-refractivity contribution is 7.93. The van der Waals surface area contributed by atoms with E-state index in [0.717, 1.165) is 4.88 Å². The lowest BCUT2D eigenvalue weighted by atomic mass is 10.1. The third-order valence-corrected chi connectivity index (χ3v) is 6.21. The number of sulfonamides is 1. The Hall–Kier alpha value is -1.15. The lowest BCUT2D eigenvalue weighted by Crippen LogP contribution is -2.17. The third-order valence-electron chi connectivity index (χ3n) is 3.21. The van der Waals surface area contributed by atoms with Gasteiger partial charge in [-0.2, -0.15) is 0 Å². The van der Waals surface area contributed by atoms with Crippen LogP contribution in [0.3, 0.4) is 0 Å². The molecule has 8 heteroatoms. The van der Waals surface area contributed by atoms with Gasteiger partial charge in [0.1, 0.15) is 5.92 Å². The zero-order chi connectivity index (χ0) is 12.9. The second kappa shape index (κ2) is 3.92. The number of aryl methyl sites for hydroxylation is 1. The zero-order valence-electron chi connectivity index (χ0n) is 9.42. The maximum atomic E-state index is 11.7. The molecule has 2 aliphatic carbocycles. The molecule has 18 heavy (non-hydrogen) atoms. The molecule has 0 radical (unpaired) electrons. The lowest BCUT2D eigenvalue weighted by molar-refractivity contribution is -0.138. The van der Waals surface area contributed by atoms with Crippen molar-refractivity contribution in [2.45, 2.75) is 36.9 Å². The molecule has 2 N–H and O–H groups in total. The van der Waals surface area contributed by atoms with Gasteiger partial charge in [-0.25, -0.2) is 13.4 Å². The number of nitrogens with one attached hydrogen (secondary N) is 1. The van der Waals surface area contributed by atoms with Gasteiger partial charge in [-0.3, -0.25) is 9.52 Å². The molecule has 0 spiro atoms. The molecule has 2 aliphatic rings. The number of aliphatic carboxylic acids is 1. The molecule has 1 unspecified atom stereocenters. The topological polar surface area (TPSA) is 96.4 Å². The SMILES string of the molecule is O=C(O)C1CCc2sc(NS(=O)(=O)C3CC3)nc21. The monoisotopic (exact) mass is 288 g/mol. The summed E-state index contributed by atoms with van der Waals surface area (Å²) in [6.07, 6.45) is 2.60. The van der Waals surface area contributed by atoms with Gasteiger partial charge in [0.05, 0.1) is 10.9 Å². The third kappa shape index (κ3) is 1.99. The van der Waals surface area contributed by atoms with Crippen molar-refractivity contribution in [1.29, 1.82) is 0 Å². The molecule has 1 saturated carbocycles. The first-order chi connectivity index (χ1) is 8.47. The van der Waals surface area contributed by atoms with E-state index in [1.807, 2.05) is 0 Å². The van der Waals surface area contributed by atoms with Crippen LogP contribution in [0.25, 0.3) is 0 Å². The Bertz CT molecular complexity index is 603. The molecule has 1 fully saturated rings. The molecule has 1 aromatic rings. The summed E-state index contributed by atoms with van der Waals surface area (Å²) >= 11 is 1.25. The Morgan fingerprint density at radius 1 is 1.39 bits per heavy atom. The van der Waals surface area contributed by atoms with E-state index in [-0.39, 0.29) is 5.25 Å². The summed E-state index contributed by atoms with van der Waals surface area (Å²) in [5, 5.41) is 9.03. The van der Waals surface area contributed by atoms with E-state index in [1.54, 1.807) is 0 Å². The summed E-state index contributed by atoms with van der Waals surface area (Å²) in [5.41, 5.74) is 0.529. The van der Waals surface area contributed by atoms with E-state index in [1.165, 1.54) is 11.3 Å². The molecular formula is C10H12N2O4S2. The van der Waals surface area contributed by atoms with Crippen molar-refractivity contribution >= 4 is 32.5 Å². The molecule has 3 rings (SSSR count). The number of hydrogen-bond acceptors (Lipinski definition) is 5. The first-order valence-corrected chi connectivity index (χ1v) is 8.07. The maximum Gasteiger partial charge on any atom is 0.312 e. The number of nitrogens with zero attached hydrogens (tertiary/aromatic N) is 1. The van der Waals surface area contributed by atoms with Crippen molar-refractivity contribution in [3.63, 3.8) is 0 Å². The van der Waals surface area contributed by atoms with E-state index in [4.69, 9.17) is 5.11 Å². The fraction of sp³-hybridized carbons (Fsp3) is 0.600. The van der Waals surface area contributed by atoms with Gasteiger partial charge in [-0.15, -0.1) is 11.3 Å². The Morgan fingerprint density at radius 3 is 2.72 bits per heavy atom. The van der Waals surface area contributed by atoms with Crippen molar-refractivity contribution in [3.8, 4) is 0 Å². The summed E-state index contributed by atoms with van der Waals surface area (Å²) < 4.78 is 25.9. The van der Waals surface area contributed by atoms with Crippen LogP contribution in [0.15, 0.2) is 0 Å². The molecule has 1 aromatic heterocycles. The minimum atomic E-state index is -3.31. The molecule has 0 saturated heterocycles. The molecule has 1 atom stereocenters. The Balaban J connectivity index is 1.84. The lowest BCUT2D eigenvalue weighted by Gasteiger charge is -2.04. The van der Waals surface area contributed by atoms with Gasteiger partial charge in [-0.05, 0) is 25.7 Å². The van der Waals surface area contributed by atoms with Crippen LogP contribution in [0, 0.1) is 0 Å². The van der Waals surface area contributed by atoms with Gasteiger partial charge in [0.2, 0.25) is 10.0 Å². The average molecular weight is 288 g/mol. The predicted octanol–water partition coefficient (Wildman–Crippen LogP) is 1.16. The Morgan fingerprint density at radius 2 is 2.11 bits per heavy atom. The van der Waals surface area contributed by atoms with E-state index in [9.17, 15) is 13.2 Å². The maximum absolute atomic E-state index is 11.7. The van der Waals surface area contributed by atoms with E-state index < -0.39 is 21.9 Å². The summed E-state index contributed by atoms with van der Waals surface area (Å²) in [6.45, 7) is 0. The minimum Gasteiger partial charge on any atom is -0.481 e. The highest BCUT2D eigenvalue weighted by Crippen LogP contribution is 2.39. The van der Waals surface area contributed by atoms with Crippen LogP contribution in [0.1, 0.15) is 35.8 Å². The number of thiazole rings is 1. The first kappa shape index (κ1) is 11.9. The van der Waals surface area contributed by atoms with Crippen molar-refractivity contribution in [1.82, 2.24) is 4.98 Å². The second-order valence-electron chi connectivity index (χ2n) is 4.60. The zero-order valence-corrected chi connectivity index (χ0v) is 11.1. The van der Waals surface area contributed by atoms with Crippen LogP contribution in [-0.2, 0) is 21.2 Å². The second-order valence-corrected chi connectivity index (χ2v) is 7.65. The number of fused-ring (bicyclic) bond motifs is 1. The number of anilines is 1. The Kier molecular flexibility index (Phi) is 2.60.